The molecule has 1 aliphatic rings. The maximum Gasteiger partial charge on any atom is 0.0641 e. The zero-order valence-corrected chi connectivity index (χ0v) is 9.99. The molecule has 84 valence electrons. The Hall–Kier alpha value is -1.02. The first kappa shape index (κ1) is 12.1. The van der Waals surface area contributed by atoms with Crippen LogP contribution in [0.1, 0.15) is 20.3 Å². The van der Waals surface area contributed by atoms with Gasteiger partial charge in [0.25, 0.3) is 0 Å². The molecular weight excluding hydrogens is 186 g/mol. The molecular formula is C13H21NO. The van der Waals surface area contributed by atoms with Crippen LogP contribution in [0.25, 0.3) is 0 Å². The SMILES string of the molecule is CCOCCN(C)C1=CCC(C)=CC=C1. The predicted molar refractivity (Wildman–Crippen MR) is 64.7 cm³/mol. The lowest BCUT2D eigenvalue weighted by atomic mass is 10.2. The number of hydrogen-bond donors (Lipinski definition) is 0. The molecule has 0 amide bonds. The third-order valence-electron chi connectivity index (χ3n) is 2.50. The van der Waals surface area contributed by atoms with Gasteiger partial charge in [0.05, 0.1) is 6.61 Å². The maximum atomic E-state index is 5.34. The van der Waals surface area contributed by atoms with E-state index < -0.39 is 0 Å². The van der Waals surface area contributed by atoms with Crippen LogP contribution in [0.4, 0.5) is 0 Å². The molecule has 0 aromatic heterocycles. The second kappa shape index (κ2) is 6.46. The number of allylic oxidation sites excluding steroid dienone is 5. The third kappa shape index (κ3) is 4.34. The van der Waals surface area contributed by atoms with Crippen molar-refractivity contribution in [1.29, 1.82) is 0 Å². The summed E-state index contributed by atoms with van der Waals surface area (Å²) in [6.07, 6.45) is 9.75. The summed E-state index contributed by atoms with van der Waals surface area (Å²) in [5.41, 5.74) is 2.68. The minimum absolute atomic E-state index is 0.795. The molecule has 0 N–H and O–H groups in total. The minimum Gasteiger partial charge on any atom is -0.380 e. The summed E-state index contributed by atoms with van der Waals surface area (Å²) in [6.45, 7) is 6.72. The van der Waals surface area contributed by atoms with Gasteiger partial charge in [-0.1, -0.05) is 23.8 Å². The van der Waals surface area contributed by atoms with E-state index in [9.17, 15) is 0 Å². The topological polar surface area (TPSA) is 12.5 Å². The lowest BCUT2D eigenvalue weighted by Gasteiger charge is -2.20. The average Bonchev–Trinajstić information content (AvgIpc) is 2.43. The molecule has 0 aliphatic heterocycles. The molecule has 2 heteroatoms. The molecule has 15 heavy (non-hydrogen) atoms. The van der Waals surface area contributed by atoms with Gasteiger partial charge in [0.15, 0.2) is 0 Å². The fourth-order valence-corrected chi connectivity index (χ4v) is 1.47. The van der Waals surface area contributed by atoms with Crippen LogP contribution in [0.15, 0.2) is 35.6 Å². The molecule has 0 atom stereocenters. The average molecular weight is 207 g/mol. The van der Waals surface area contributed by atoms with Crippen LogP contribution in [0.2, 0.25) is 0 Å². The number of ether oxygens (including phenoxy) is 1. The molecule has 1 aliphatic carbocycles. The van der Waals surface area contributed by atoms with Gasteiger partial charge >= 0.3 is 0 Å². The van der Waals surface area contributed by atoms with Crippen molar-refractivity contribution in [3.05, 3.63) is 35.6 Å². The van der Waals surface area contributed by atoms with E-state index in [0.717, 1.165) is 26.2 Å². The Labute approximate surface area is 92.9 Å². The van der Waals surface area contributed by atoms with Crippen molar-refractivity contribution in [2.45, 2.75) is 20.3 Å². The monoisotopic (exact) mass is 207 g/mol. The van der Waals surface area contributed by atoms with Crippen LogP contribution < -0.4 is 0 Å². The van der Waals surface area contributed by atoms with Gasteiger partial charge in [-0.05, 0) is 26.3 Å². The van der Waals surface area contributed by atoms with Gasteiger partial charge in [-0.2, -0.15) is 0 Å². The Morgan fingerprint density at radius 1 is 1.47 bits per heavy atom. The zero-order valence-electron chi connectivity index (χ0n) is 9.99. The van der Waals surface area contributed by atoms with Gasteiger partial charge in [-0.25, -0.2) is 0 Å². The van der Waals surface area contributed by atoms with Crippen molar-refractivity contribution < 1.29 is 4.74 Å². The van der Waals surface area contributed by atoms with E-state index in [4.69, 9.17) is 4.74 Å². The summed E-state index contributed by atoms with van der Waals surface area (Å²) in [7, 11) is 2.11. The van der Waals surface area contributed by atoms with Crippen LogP contribution in [0.3, 0.4) is 0 Å². The van der Waals surface area contributed by atoms with Crippen LogP contribution in [0.5, 0.6) is 0 Å². The van der Waals surface area contributed by atoms with Crippen LogP contribution in [-0.2, 0) is 4.74 Å². The quantitative estimate of drug-likeness (QED) is 0.643. The summed E-state index contributed by atoms with van der Waals surface area (Å²) in [4.78, 5) is 2.23. The molecule has 0 radical (unpaired) electrons. The van der Waals surface area contributed by atoms with E-state index in [1.165, 1.54) is 11.3 Å². The van der Waals surface area contributed by atoms with Crippen molar-refractivity contribution in [3.8, 4) is 0 Å². The molecule has 0 bridgehead atoms. The molecule has 2 nitrogen and oxygen atoms in total. The van der Waals surface area contributed by atoms with Gasteiger partial charge < -0.3 is 9.64 Å². The summed E-state index contributed by atoms with van der Waals surface area (Å²) < 4.78 is 5.34. The second-order valence-electron chi connectivity index (χ2n) is 3.82. The highest BCUT2D eigenvalue weighted by atomic mass is 16.5. The molecule has 0 aromatic rings. The standard InChI is InChI=1S/C13H21NO/c1-4-15-11-10-14(3)13-7-5-6-12(2)8-9-13/h5-7,9H,4,8,10-11H2,1-3H3. The maximum absolute atomic E-state index is 5.34. The Morgan fingerprint density at radius 3 is 3.00 bits per heavy atom. The Bertz CT molecular complexity index is 276. The van der Waals surface area contributed by atoms with Crippen LogP contribution in [0, 0.1) is 0 Å². The Balaban J connectivity index is 2.43. The molecule has 0 spiro atoms. The van der Waals surface area contributed by atoms with Crippen molar-refractivity contribution in [1.82, 2.24) is 4.90 Å². The van der Waals surface area contributed by atoms with Crippen LogP contribution >= 0.6 is 0 Å². The van der Waals surface area contributed by atoms with Gasteiger partial charge in [-0.3, -0.25) is 0 Å². The summed E-state index contributed by atoms with van der Waals surface area (Å²) in [5.74, 6) is 0. The van der Waals surface area contributed by atoms with Crippen molar-refractivity contribution in [2.75, 3.05) is 26.8 Å². The summed E-state index contributed by atoms with van der Waals surface area (Å²) >= 11 is 0. The van der Waals surface area contributed by atoms with E-state index in [1.54, 1.807) is 0 Å². The van der Waals surface area contributed by atoms with Crippen molar-refractivity contribution in [2.24, 2.45) is 0 Å². The van der Waals surface area contributed by atoms with Gasteiger partial charge in [-0.15, -0.1) is 0 Å². The first-order chi connectivity index (χ1) is 7.24. The highest BCUT2D eigenvalue weighted by Gasteiger charge is 2.02. The summed E-state index contributed by atoms with van der Waals surface area (Å²) in [6, 6.07) is 0. The first-order valence-corrected chi connectivity index (χ1v) is 5.57. The number of hydrogen-bond acceptors (Lipinski definition) is 2. The molecule has 0 unspecified atom stereocenters. The van der Waals surface area contributed by atoms with E-state index >= 15 is 0 Å². The highest BCUT2D eigenvalue weighted by molar-refractivity contribution is 5.28. The predicted octanol–water partition coefficient (Wildman–Crippen LogP) is 2.74. The van der Waals surface area contributed by atoms with Gasteiger partial charge in [0, 0.05) is 25.9 Å². The Kier molecular flexibility index (Phi) is 5.19. The van der Waals surface area contributed by atoms with E-state index in [2.05, 4.69) is 43.2 Å². The fraction of sp³-hybridized carbons (Fsp3) is 0.538. The third-order valence-corrected chi connectivity index (χ3v) is 2.50. The molecule has 1 rings (SSSR count). The highest BCUT2D eigenvalue weighted by Crippen LogP contribution is 2.13. The minimum atomic E-state index is 0.795. The lowest BCUT2D eigenvalue weighted by Crippen LogP contribution is -2.21. The second-order valence-corrected chi connectivity index (χ2v) is 3.82. The van der Waals surface area contributed by atoms with E-state index in [-0.39, 0.29) is 0 Å². The van der Waals surface area contributed by atoms with Crippen LogP contribution in [-0.4, -0.2) is 31.7 Å². The number of rotatable bonds is 5. The Morgan fingerprint density at radius 2 is 2.27 bits per heavy atom. The normalized spacial score (nSPS) is 15.7. The fourth-order valence-electron chi connectivity index (χ4n) is 1.47. The van der Waals surface area contributed by atoms with Crippen molar-refractivity contribution in [3.63, 3.8) is 0 Å². The largest absolute Gasteiger partial charge is 0.380 e. The lowest BCUT2D eigenvalue weighted by molar-refractivity contribution is 0.131. The van der Waals surface area contributed by atoms with Gasteiger partial charge in [0.1, 0.15) is 0 Å². The first-order valence-electron chi connectivity index (χ1n) is 5.57. The molecule has 0 heterocycles. The number of nitrogens with zero attached hydrogens (tertiary/aromatic N) is 1. The van der Waals surface area contributed by atoms with E-state index in [1.807, 2.05) is 6.92 Å². The molecule has 0 fully saturated rings. The molecule has 0 saturated heterocycles. The smallest absolute Gasteiger partial charge is 0.0641 e. The molecule has 0 saturated carbocycles. The summed E-state index contributed by atoms with van der Waals surface area (Å²) in [5, 5.41) is 0. The number of likely N-dealkylation sites (N-methyl/N-ethyl adjacent to an activating group) is 1. The van der Waals surface area contributed by atoms with Crippen molar-refractivity contribution >= 4 is 0 Å². The van der Waals surface area contributed by atoms with Gasteiger partial charge in [0.2, 0.25) is 0 Å². The zero-order chi connectivity index (χ0) is 11.1. The van der Waals surface area contributed by atoms with E-state index in [0.29, 0.717) is 0 Å². The molecule has 0 aromatic carbocycles.